The van der Waals surface area contributed by atoms with Gasteiger partial charge in [-0.1, -0.05) is 12.1 Å². The van der Waals surface area contributed by atoms with E-state index in [9.17, 15) is 5.11 Å². The van der Waals surface area contributed by atoms with Crippen LogP contribution in [-0.2, 0) is 6.42 Å². The Morgan fingerprint density at radius 3 is 2.61 bits per heavy atom. The molecule has 0 spiro atoms. The van der Waals surface area contributed by atoms with Crippen LogP contribution in [0.1, 0.15) is 17.2 Å². The Morgan fingerprint density at radius 1 is 1.28 bits per heavy atom. The average molecular weight is 244 g/mol. The molecule has 0 bridgehead atoms. The van der Waals surface area contributed by atoms with Gasteiger partial charge in [0.05, 0.1) is 13.2 Å². The molecule has 0 amide bonds. The van der Waals surface area contributed by atoms with E-state index < -0.39 is 6.10 Å². The highest BCUT2D eigenvalue weighted by Gasteiger charge is 2.10. The Morgan fingerprint density at radius 2 is 2.00 bits per heavy atom. The molecule has 2 aromatic rings. The Kier molecular flexibility index (Phi) is 3.79. The van der Waals surface area contributed by atoms with Crippen LogP contribution in [0.25, 0.3) is 0 Å². The van der Waals surface area contributed by atoms with Gasteiger partial charge in [-0.3, -0.25) is 4.98 Å². The van der Waals surface area contributed by atoms with Crippen LogP contribution in [0, 0.1) is 0 Å². The van der Waals surface area contributed by atoms with Gasteiger partial charge < -0.3 is 15.6 Å². The van der Waals surface area contributed by atoms with Gasteiger partial charge in [-0.05, 0) is 29.3 Å². The number of anilines is 1. The van der Waals surface area contributed by atoms with E-state index in [1.165, 1.54) is 0 Å². The van der Waals surface area contributed by atoms with E-state index in [2.05, 4.69) is 4.98 Å². The molecule has 1 aromatic carbocycles. The Balaban J connectivity index is 2.11. The number of aliphatic hydroxyl groups is 1. The van der Waals surface area contributed by atoms with E-state index in [4.69, 9.17) is 10.5 Å². The van der Waals surface area contributed by atoms with Gasteiger partial charge in [-0.2, -0.15) is 0 Å². The molecule has 1 unspecified atom stereocenters. The summed E-state index contributed by atoms with van der Waals surface area (Å²) in [4.78, 5) is 4.01. The molecule has 1 aromatic heterocycles. The van der Waals surface area contributed by atoms with E-state index >= 15 is 0 Å². The summed E-state index contributed by atoms with van der Waals surface area (Å²) >= 11 is 0. The molecule has 94 valence electrons. The van der Waals surface area contributed by atoms with Crippen molar-refractivity contribution in [3.8, 4) is 5.75 Å². The Hall–Kier alpha value is -2.07. The van der Waals surface area contributed by atoms with Gasteiger partial charge in [0.25, 0.3) is 0 Å². The second-order valence-electron chi connectivity index (χ2n) is 4.07. The molecule has 0 radical (unpaired) electrons. The van der Waals surface area contributed by atoms with Crippen LogP contribution in [0.2, 0.25) is 0 Å². The zero-order chi connectivity index (χ0) is 13.0. The highest BCUT2D eigenvalue weighted by atomic mass is 16.5. The molecule has 2 rings (SSSR count). The minimum absolute atomic E-state index is 0.450. The van der Waals surface area contributed by atoms with Crippen molar-refractivity contribution in [1.29, 1.82) is 0 Å². The van der Waals surface area contributed by atoms with Gasteiger partial charge in [0, 0.05) is 24.5 Å². The molecule has 0 aliphatic heterocycles. The minimum Gasteiger partial charge on any atom is -0.497 e. The summed E-state index contributed by atoms with van der Waals surface area (Å²) in [6.45, 7) is 0. The van der Waals surface area contributed by atoms with Crippen molar-refractivity contribution >= 4 is 5.69 Å². The molecule has 0 aliphatic carbocycles. The van der Waals surface area contributed by atoms with Crippen molar-refractivity contribution in [2.24, 2.45) is 0 Å². The summed E-state index contributed by atoms with van der Waals surface area (Å²) in [7, 11) is 1.61. The highest BCUT2D eigenvalue weighted by molar-refractivity contribution is 5.45. The predicted molar refractivity (Wildman–Crippen MR) is 70.3 cm³/mol. The molecule has 0 saturated heterocycles. The first kappa shape index (κ1) is 12.4. The first-order chi connectivity index (χ1) is 8.70. The fourth-order valence-electron chi connectivity index (χ4n) is 1.76. The predicted octanol–water partition coefficient (Wildman–Crippen LogP) is 1.95. The number of aliphatic hydroxyl groups excluding tert-OH is 1. The van der Waals surface area contributed by atoms with Crippen molar-refractivity contribution < 1.29 is 9.84 Å². The average Bonchev–Trinajstić information content (AvgIpc) is 2.41. The Labute approximate surface area is 106 Å². The number of pyridine rings is 1. The number of nitrogen functional groups attached to an aromatic ring is 1. The first-order valence-electron chi connectivity index (χ1n) is 5.71. The number of hydrogen-bond acceptors (Lipinski definition) is 4. The molecular weight excluding hydrogens is 228 g/mol. The minimum atomic E-state index is -0.595. The summed E-state index contributed by atoms with van der Waals surface area (Å²) in [5, 5.41) is 10.1. The maximum atomic E-state index is 10.1. The summed E-state index contributed by atoms with van der Waals surface area (Å²) < 4.78 is 5.07. The van der Waals surface area contributed by atoms with E-state index in [0.717, 1.165) is 16.9 Å². The Bertz CT molecular complexity index is 511. The maximum absolute atomic E-state index is 10.1. The normalized spacial score (nSPS) is 12.1. The van der Waals surface area contributed by atoms with Gasteiger partial charge in [-0.15, -0.1) is 0 Å². The fourth-order valence-corrected chi connectivity index (χ4v) is 1.76. The standard InChI is InChI=1S/C14H16N2O2/c1-18-12-4-2-10(3-5-12)14(17)8-11-9-16-7-6-13(11)15/h2-7,9,14,17H,8H2,1H3,(H2,15,16). The van der Waals surface area contributed by atoms with Crippen LogP contribution in [0.5, 0.6) is 5.75 Å². The number of nitrogens with two attached hydrogens (primary N) is 1. The lowest BCUT2D eigenvalue weighted by atomic mass is 10.0. The zero-order valence-corrected chi connectivity index (χ0v) is 10.2. The van der Waals surface area contributed by atoms with Crippen LogP contribution in [0.3, 0.4) is 0 Å². The largest absolute Gasteiger partial charge is 0.497 e. The van der Waals surface area contributed by atoms with Crippen molar-refractivity contribution in [3.05, 3.63) is 53.9 Å². The van der Waals surface area contributed by atoms with Gasteiger partial charge in [-0.25, -0.2) is 0 Å². The molecule has 0 fully saturated rings. The second kappa shape index (κ2) is 5.51. The smallest absolute Gasteiger partial charge is 0.118 e. The highest BCUT2D eigenvalue weighted by Crippen LogP contribution is 2.22. The van der Waals surface area contributed by atoms with Gasteiger partial charge in [0.1, 0.15) is 5.75 Å². The van der Waals surface area contributed by atoms with Crippen LogP contribution < -0.4 is 10.5 Å². The third-order valence-corrected chi connectivity index (χ3v) is 2.86. The number of hydrogen-bond donors (Lipinski definition) is 2. The number of aromatic nitrogens is 1. The van der Waals surface area contributed by atoms with Gasteiger partial charge in [0.15, 0.2) is 0 Å². The molecule has 4 heteroatoms. The molecule has 0 aliphatic rings. The van der Waals surface area contributed by atoms with E-state index in [1.54, 1.807) is 25.6 Å². The number of rotatable bonds is 4. The van der Waals surface area contributed by atoms with Crippen LogP contribution in [0.4, 0.5) is 5.69 Å². The van der Waals surface area contributed by atoms with Gasteiger partial charge in [0.2, 0.25) is 0 Å². The topological polar surface area (TPSA) is 68.4 Å². The fraction of sp³-hybridized carbons (Fsp3) is 0.214. The lowest BCUT2D eigenvalue weighted by Gasteiger charge is -2.12. The molecule has 18 heavy (non-hydrogen) atoms. The number of ether oxygens (including phenoxy) is 1. The van der Waals surface area contributed by atoms with Crippen molar-refractivity contribution in [1.82, 2.24) is 4.98 Å². The second-order valence-corrected chi connectivity index (χ2v) is 4.07. The van der Waals surface area contributed by atoms with E-state index in [-0.39, 0.29) is 0 Å². The van der Waals surface area contributed by atoms with Crippen molar-refractivity contribution in [2.75, 3.05) is 12.8 Å². The summed E-state index contributed by atoms with van der Waals surface area (Å²) in [6, 6.07) is 9.07. The monoisotopic (exact) mass is 244 g/mol. The third-order valence-electron chi connectivity index (χ3n) is 2.86. The SMILES string of the molecule is COc1ccc(C(O)Cc2cnccc2N)cc1. The molecule has 3 N–H and O–H groups in total. The molecule has 1 atom stereocenters. The third kappa shape index (κ3) is 2.78. The van der Waals surface area contributed by atoms with Crippen LogP contribution in [0.15, 0.2) is 42.7 Å². The quantitative estimate of drug-likeness (QED) is 0.862. The summed E-state index contributed by atoms with van der Waals surface area (Å²) in [5.74, 6) is 0.770. The number of nitrogens with zero attached hydrogens (tertiary/aromatic N) is 1. The number of benzene rings is 1. The maximum Gasteiger partial charge on any atom is 0.118 e. The summed E-state index contributed by atoms with van der Waals surface area (Å²) in [5.41, 5.74) is 8.15. The zero-order valence-electron chi connectivity index (χ0n) is 10.2. The lowest BCUT2D eigenvalue weighted by Crippen LogP contribution is -2.04. The molecule has 4 nitrogen and oxygen atoms in total. The first-order valence-corrected chi connectivity index (χ1v) is 5.71. The van der Waals surface area contributed by atoms with Crippen LogP contribution >= 0.6 is 0 Å². The molecule has 0 saturated carbocycles. The van der Waals surface area contributed by atoms with Crippen LogP contribution in [-0.4, -0.2) is 17.2 Å². The van der Waals surface area contributed by atoms with Crippen molar-refractivity contribution in [3.63, 3.8) is 0 Å². The summed E-state index contributed by atoms with van der Waals surface area (Å²) in [6.07, 6.45) is 3.18. The lowest BCUT2D eigenvalue weighted by molar-refractivity contribution is 0.178. The molecular formula is C14H16N2O2. The van der Waals surface area contributed by atoms with Crippen molar-refractivity contribution in [2.45, 2.75) is 12.5 Å². The van der Waals surface area contributed by atoms with E-state index in [0.29, 0.717) is 12.1 Å². The molecule has 1 heterocycles. The number of methoxy groups -OCH3 is 1. The van der Waals surface area contributed by atoms with E-state index in [1.807, 2.05) is 24.3 Å². The van der Waals surface area contributed by atoms with Gasteiger partial charge >= 0.3 is 0 Å².